The number of furan rings is 1. The van der Waals surface area contributed by atoms with E-state index in [1.807, 2.05) is 23.9 Å². The first-order valence-corrected chi connectivity index (χ1v) is 7.96. The van der Waals surface area contributed by atoms with Crippen molar-refractivity contribution < 1.29 is 9.52 Å². The van der Waals surface area contributed by atoms with Crippen LogP contribution in [0.1, 0.15) is 44.0 Å². The van der Waals surface area contributed by atoms with Crippen LogP contribution in [-0.2, 0) is 0 Å². The molecule has 1 aromatic heterocycles. The maximum Gasteiger partial charge on any atom is 0.133 e. The molecule has 1 saturated carbocycles. The summed E-state index contributed by atoms with van der Waals surface area (Å²) in [5, 5.41) is 13.3. The van der Waals surface area contributed by atoms with Gasteiger partial charge in [0.2, 0.25) is 0 Å². The van der Waals surface area contributed by atoms with E-state index in [-0.39, 0.29) is 0 Å². The Balaban J connectivity index is 1.76. The van der Waals surface area contributed by atoms with E-state index < -0.39 is 6.10 Å². The van der Waals surface area contributed by atoms with Crippen LogP contribution in [0.3, 0.4) is 0 Å². The first-order valence-electron chi connectivity index (χ1n) is 6.73. The van der Waals surface area contributed by atoms with Gasteiger partial charge in [-0.05, 0) is 31.2 Å². The Morgan fingerprint density at radius 3 is 2.83 bits per heavy atom. The van der Waals surface area contributed by atoms with Crippen LogP contribution in [0.25, 0.3) is 0 Å². The predicted octanol–water partition coefficient (Wildman–Crippen LogP) is 2.97. The van der Waals surface area contributed by atoms with Crippen molar-refractivity contribution in [2.75, 3.05) is 19.3 Å². The third-order valence-electron chi connectivity index (χ3n) is 3.85. The first-order chi connectivity index (χ1) is 8.76. The van der Waals surface area contributed by atoms with Crippen molar-refractivity contribution in [1.29, 1.82) is 0 Å². The monoisotopic (exact) mass is 269 g/mol. The van der Waals surface area contributed by atoms with Crippen LogP contribution in [0.4, 0.5) is 0 Å². The molecule has 0 aliphatic heterocycles. The fraction of sp³-hybridized carbons (Fsp3) is 0.714. The summed E-state index contributed by atoms with van der Waals surface area (Å²) in [6.07, 6.45) is 9.89. The van der Waals surface area contributed by atoms with Gasteiger partial charge in [-0.2, -0.15) is 11.8 Å². The molecule has 2 rings (SSSR count). The molecule has 18 heavy (non-hydrogen) atoms. The van der Waals surface area contributed by atoms with E-state index in [1.165, 1.54) is 32.1 Å². The third-order valence-corrected chi connectivity index (χ3v) is 5.27. The highest BCUT2D eigenvalue weighted by Crippen LogP contribution is 2.37. The smallest absolute Gasteiger partial charge is 0.133 e. The highest BCUT2D eigenvalue weighted by Gasteiger charge is 2.30. The predicted molar refractivity (Wildman–Crippen MR) is 75.9 cm³/mol. The van der Waals surface area contributed by atoms with Crippen LogP contribution >= 0.6 is 11.8 Å². The summed E-state index contributed by atoms with van der Waals surface area (Å²) in [5.41, 5.74) is 0. The van der Waals surface area contributed by atoms with E-state index in [1.54, 1.807) is 6.26 Å². The van der Waals surface area contributed by atoms with Gasteiger partial charge in [-0.25, -0.2) is 0 Å². The minimum Gasteiger partial charge on any atom is -0.467 e. The normalized spacial score (nSPS) is 20.8. The Hall–Kier alpha value is -0.450. The van der Waals surface area contributed by atoms with Crippen molar-refractivity contribution in [3.63, 3.8) is 0 Å². The lowest BCUT2D eigenvalue weighted by Crippen LogP contribution is -2.40. The Bertz CT molecular complexity index is 334. The SMILES string of the molecule is CSC1(CNCC(O)c2ccco2)CCCCC1. The molecule has 1 heterocycles. The highest BCUT2D eigenvalue weighted by atomic mass is 32.2. The van der Waals surface area contributed by atoms with E-state index in [2.05, 4.69) is 11.6 Å². The van der Waals surface area contributed by atoms with Gasteiger partial charge in [0.1, 0.15) is 11.9 Å². The summed E-state index contributed by atoms with van der Waals surface area (Å²) in [4.78, 5) is 0. The minimum atomic E-state index is -0.539. The van der Waals surface area contributed by atoms with Crippen LogP contribution < -0.4 is 5.32 Å². The molecule has 1 fully saturated rings. The van der Waals surface area contributed by atoms with Crippen molar-refractivity contribution in [2.24, 2.45) is 0 Å². The second kappa shape index (κ2) is 6.64. The van der Waals surface area contributed by atoms with Crippen molar-refractivity contribution in [3.8, 4) is 0 Å². The number of hydrogen-bond donors (Lipinski definition) is 2. The highest BCUT2D eigenvalue weighted by molar-refractivity contribution is 8.00. The van der Waals surface area contributed by atoms with Crippen LogP contribution in [0.5, 0.6) is 0 Å². The molecule has 4 heteroatoms. The van der Waals surface area contributed by atoms with Crippen LogP contribution in [0, 0.1) is 0 Å². The molecule has 0 bridgehead atoms. The number of aliphatic hydroxyl groups is 1. The second-order valence-corrected chi connectivity index (χ2v) is 6.38. The van der Waals surface area contributed by atoms with Crippen molar-refractivity contribution in [2.45, 2.75) is 43.0 Å². The Kier molecular flexibility index (Phi) is 5.15. The maximum atomic E-state index is 9.93. The molecule has 1 aliphatic rings. The van der Waals surface area contributed by atoms with E-state index >= 15 is 0 Å². The summed E-state index contributed by atoms with van der Waals surface area (Å²) in [6, 6.07) is 3.63. The molecule has 3 nitrogen and oxygen atoms in total. The number of nitrogens with one attached hydrogen (secondary N) is 1. The van der Waals surface area contributed by atoms with Crippen LogP contribution in [0.2, 0.25) is 0 Å². The molecular weight excluding hydrogens is 246 g/mol. The van der Waals surface area contributed by atoms with Gasteiger partial charge >= 0.3 is 0 Å². The fourth-order valence-corrected chi connectivity index (χ4v) is 3.61. The van der Waals surface area contributed by atoms with Crippen molar-refractivity contribution in [1.82, 2.24) is 5.32 Å². The number of aliphatic hydroxyl groups excluding tert-OH is 1. The number of thioether (sulfide) groups is 1. The lowest BCUT2D eigenvalue weighted by molar-refractivity contribution is 0.145. The van der Waals surface area contributed by atoms with Gasteiger partial charge in [0, 0.05) is 17.8 Å². The molecule has 1 aromatic rings. The van der Waals surface area contributed by atoms with Gasteiger partial charge in [-0.3, -0.25) is 0 Å². The zero-order valence-corrected chi connectivity index (χ0v) is 11.8. The molecule has 1 aliphatic carbocycles. The van der Waals surface area contributed by atoms with Crippen LogP contribution in [-0.4, -0.2) is 29.2 Å². The topological polar surface area (TPSA) is 45.4 Å². The van der Waals surface area contributed by atoms with E-state index in [4.69, 9.17) is 4.42 Å². The third kappa shape index (κ3) is 3.53. The van der Waals surface area contributed by atoms with E-state index in [0.29, 0.717) is 17.1 Å². The minimum absolute atomic E-state index is 0.376. The average molecular weight is 269 g/mol. The van der Waals surface area contributed by atoms with Gasteiger partial charge in [0.05, 0.1) is 6.26 Å². The zero-order valence-electron chi connectivity index (χ0n) is 11.0. The summed E-state index contributed by atoms with van der Waals surface area (Å²) in [5.74, 6) is 0.643. The molecule has 0 amide bonds. The molecule has 1 unspecified atom stereocenters. The summed E-state index contributed by atoms with van der Waals surface area (Å²) in [6.45, 7) is 1.54. The van der Waals surface area contributed by atoms with Crippen LogP contribution in [0.15, 0.2) is 22.8 Å². The molecule has 0 radical (unpaired) electrons. The quantitative estimate of drug-likeness (QED) is 0.833. The standard InChI is InChI=1S/C14H23NO2S/c1-18-14(7-3-2-4-8-14)11-15-10-12(16)13-6-5-9-17-13/h5-6,9,12,15-16H,2-4,7-8,10-11H2,1H3. The molecule has 0 aromatic carbocycles. The van der Waals surface area contributed by atoms with Gasteiger partial charge in [0.15, 0.2) is 0 Å². The largest absolute Gasteiger partial charge is 0.467 e. The molecule has 0 saturated heterocycles. The Morgan fingerprint density at radius 2 is 2.22 bits per heavy atom. The van der Waals surface area contributed by atoms with Crippen molar-refractivity contribution in [3.05, 3.63) is 24.2 Å². The molecule has 1 atom stereocenters. The van der Waals surface area contributed by atoms with Gasteiger partial charge in [0.25, 0.3) is 0 Å². The maximum absolute atomic E-state index is 9.93. The summed E-state index contributed by atoms with van der Waals surface area (Å²) in [7, 11) is 0. The van der Waals surface area contributed by atoms with Gasteiger partial charge in [-0.1, -0.05) is 19.3 Å². The Labute approximate surface area is 113 Å². The summed E-state index contributed by atoms with van der Waals surface area (Å²) >= 11 is 1.97. The van der Waals surface area contributed by atoms with E-state index in [0.717, 1.165) is 6.54 Å². The fourth-order valence-electron chi connectivity index (χ4n) is 2.67. The van der Waals surface area contributed by atoms with Crippen molar-refractivity contribution >= 4 is 11.8 Å². The molecule has 0 spiro atoms. The molecular formula is C14H23NO2S. The number of hydrogen-bond acceptors (Lipinski definition) is 4. The zero-order chi connectivity index (χ0) is 12.8. The van der Waals surface area contributed by atoms with Gasteiger partial charge in [-0.15, -0.1) is 0 Å². The van der Waals surface area contributed by atoms with E-state index in [9.17, 15) is 5.11 Å². The lowest BCUT2D eigenvalue weighted by atomic mass is 9.88. The number of rotatable bonds is 6. The first kappa shape index (κ1) is 14.0. The molecule has 2 N–H and O–H groups in total. The second-order valence-electron chi connectivity index (χ2n) is 5.11. The average Bonchev–Trinajstić information content (AvgIpc) is 2.94. The Morgan fingerprint density at radius 1 is 1.44 bits per heavy atom. The van der Waals surface area contributed by atoms with Gasteiger partial charge < -0.3 is 14.8 Å². The lowest BCUT2D eigenvalue weighted by Gasteiger charge is -2.36. The molecule has 102 valence electrons. The summed E-state index contributed by atoms with van der Waals surface area (Å²) < 4.78 is 5.57.